The molecule has 2 amide bonds. The Morgan fingerprint density at radius 3 is 2.27 bits per heavy atom. The highest BCUT2D eigenvalue weighted by molar-refractivity contribution is 6.05. The van der Waals surface area contributed by atoms with Crippen molar-refractivity contribution in [1.29, 1.82) is 0 Å². The molecule has 1 saturated carbocycles. The first kappa shape index (κ1) is 9.09. The lowest BCUT2D eigenvalue weighted by molar-refractivity contribution is -0.188. The third-order valence-corrected chi connectivity index (χ3v) is 3.69. The molecule has 4 nitrogen and oxygen atoms in total. The van der Waals surface area contributed by atoms with Crippen molar-refractivity contribution in [3.8, 4) is 0 Å². The van der Waals surface area contributed by atoms with Crippen LogP contribution >= 0.6 is 0 Å². The topological polar surface area (TPSA) is 46.6 Å². The summed E-state index contributed by atoms with van der Waals surface area (Å²) in [5.74, 6) is -0.0192. The van der Waals surface area contributed by atoms with Crippen molar-refractivity contribution in [2.45, 2.75) is 13.3 Å². The number of fused-ring (bicyclic) bond motifs is 5. The van der Waals surface area contributed by atoms with E-state index >= 15 is 0 Å². The number of nitrogens with zero attached hydrogens (tertiary/aromatic N) is 1. The minimum absolute atomic E-state index is 0.135. The van der Waals surface area contributed by atoms with E-state index in [1.165, 1.54) is 0 Å². The number of rotatable bonds is 2. The van der Waals surface area contributed by atoms with Crippen molar-refractivity contribution in [3.63, 3.8) is 0 Å². The van der Waals surface area contributed by atoms with Crippen molar-refractivity contribution in [2.24, 2.45) is 23.7 Å². The highest BCUT2D eigenvalue weighted by Gasteiger charge is 2.59. The molecule has 1 aliphatic heterocycles. The molecule has 4 atom stereocenters. The fourth-order valence-corrected chi connectivity index (χ4v) is 3.13. The van der Waals surface area contributed by atoms with E-state index in [0.717, 1.165) is 11.5 Å². The first-order chi connectivity index (χ1) is 7.24. The first-order valence-electron chi connectivity index (χ1n) is 5.43. The number of amides is 2. The first-order valence-corrected chi connectivity index (χ1v) is 5.43. The molecular weight excluding hydrogens is 194 g/mol. The van der Waals surface area contributed by atoms with Crippen LogP contribution in [0.4, 0.5) is 0 Å². The van der Waals surface area contributed by atoms with Crippen LogP contribution in [0, 0.1) is 23.7 Å². The molecule has 2 bridgehead atoms. The lowest BCUT2D eigenvalue weighted by Crippen LogP contribution is -2.33. The van der Waals surface area contributed by atoms with Crippen LogP contribution in [0.25, 0.3) is 0 Å². The van der Waals surface area contributed by atoms with Gasteiger partial charge in [-0.25, -0.2) is 0 Å². The second kappa shape index (κ2) is 2.92. The average Bonchev–Trinajstić information content (AvgIpc) is 2.87. The summed E-state index contributed by atoms with van der Waals surface area (Å²) in [7, 11) is 0. The Labute approximate surface area is 87.8 Å². The Bertz CT molecular complexity index is 333. The zero-order chi connectivity index (χ0) is 10.6. The summed E-state index contributed by atoms with van der Waals surface area (Å²) in [5, 5.41) is 0.988. The van der Waals surface area contributed by atoms with Gasteiger partial charge in [-0.3, -0.25) is 14.4 Å². The molecule has 0 radical (unpaired) electrons. The van der Waals surface area contributed by atoms with Crippen molar-refractivity contribution in [1.82, 2.24) is 5.06 Å². The van der Waals surface area contributed by atoms with E-state index in [4.69, 9.17) is 4.84 Å². The monoisotopic (exact) mass is 207 g/mol. The summed E-state index contributed by atoms with van der Waals surface area (Å²) in [6.45, 7) is 2.14. The van der Waals surface area contributed by atoms with Crippen LogP contribution in [-0.4, -0.2) is 23.5 Å². The maximum Gasteiger partial charge on any atom is 0.258 e. The molecule has 2 aliphatic carbocycles. The molecular formula is C11H13NO3. The Balaban J connectivity index is 1.93. The highest BCUT2D eigenvalue weighted by Crippen LogP contribution is 2.52. The van der Waals surface area contributed by atoms with Gasteiger partial charge in [0.15, 0.2) is 0 Å². The molecule has 0 aromatic carbocycles. The fraction of sp³-hybridized carbons (Fsp3) is 0.636. The van der Waals surface area contributed by atoms with Gasteiger partial charge in [-0.2, -0.15) is 5.06 Å². The van der Waals surface area contributed by atoms with Crippen LogP contribution in [0.15, 0.2) is 12.2 Å². The van der Waals surface area contributed by atoms with Gasteiger partial charge in [0.05, 0.1) is 18.4 Å². The predicted octanol–water partition coefficient (Wildman–Crippen LogP) is 0.745. The quantitative estimate of drug-likeness (QED) is 0.495. The van der Waals surface area contributed by atoms with Crippen molar-refractivity contribution in [2.75, 3.05) is 6.61 Å². The van der Waals surface area contributed by atoms with E-state index in [0.29, 0.717) is 6.61 Å². The molecule has 0 aromatic heterocycles. The van der Waals surface area contributed by atoms with Crippen LogP contribution in [0.5, 0.6) is 0 Å². The fourth-order valence-electron chi connectivity index (χ4n) is 3.13. The molecule has 1 heterocycles. The summed E-state index contributed by atoms with van der Waals surface area (Å²) in [4.78, 5) is 28.9. The number of hydrogen-bond acceptors (Lipinski definition) is 3. The zero-order valence-corrected chi connectivity index (χ0v) is 8.55. The normalized spacial score (nSPS) is 41.8. The van der Waals surface area contributed by atoms with E-state index in [1.54, 1.807) is 6.92 Å². The molecule has 80 valence electrons. The van der Waals surface area contributed by atoms with Gasteiger partial charge >= 0.3 is 0 Å². The maximum absolute atomic E-state index is 11.9. The number of carbonyl (C=O) groups is 2. The van der Waals surface area contributed by atoms with E-state index in [2.05, 4.69) is 12.2 Å². The van der Waals surface area contributed by atoms with Crippen LogP contribution in [0.2, 0.25) is 0 Å². The molecule has 2 fully saturated rings. The second-order valence-corrected chi connectivity index (χ2v) is 4.39. The molecule has 3 aliphatic rings. The lowest BCUT2D eigenvalue weighted by Gasteiger charge is -2.14. The van der Waals surface area contributed by atoms with Gasteiger partial charge in [0.2, 0.25) is 0 Å². The Morgan fingerprint density at radius 2 is 1.80 bits per heavy atom. The average molecular weight is 207 g/mol. The lowest BCUT2D eigenvalue weighted by atomic mass is 9.85. The standard InChI is InChI=1S/C11H13NO3/c1-2-15-12-10(13)8-6-3-4-7(5-6)9(8)11(12)14/h3-4,6-9H,2,5H2,1H3. The van der Waals surface area contributed by atoms with Crippen molar-refractivity contribution >= 4 is 11.8 Å². The summed E-state index contributed by atoms with van der Waals surface area (Å²) in [6, 6.07) is 0. The minimum atomic E-state index is -0.140. The smallest absolute Gasteiger partial charge is 0.258 e. The number of allylic oxidation sites excluding steroid dienone is 2. The third-order valence-electron chi connectivity index (χ3n) is 3.69. The Morgan fingerprint density at radius 1 is 1.27 bits per heavy atom. The summed E-state index contributed by atoms with van der Waals surface area (Å²) >= 11 is 0. The van der Waals surface area contributed by atoms with Crippen LogP contribution in [-0.2, 0) is 14.4 Å². The van der Waals surface area contributed by atoms with E-state index < -0.39 is 0 Å². The van der Waals surface area contributed by atoms with E-state index in [1.807, 2.05) is 0 Å². The van der Waals surface area contributed by atoms with Crippen LogP contribution in [0.1, 0.15) is 13.3 Å². The zero-order valence-electron chi connectivity index (χ0n) is 8.55. The molecule has 4 unspecified atom stereocenters. The SMILES string of the molecule is CCON1C(=O)C2C3C=CC(C3)C2C1=O. The van der Waals surface area contributed by atoms with Crippen molar-refractivity contribution in [3.05, 3.63) is 12.2 Å². The molecule has 0 aromatic rings. The highest BCUT2D eigenvalue weighted by atomic mass is 16.7. The van der Waals surface area contributed by atoms with Gasteiger partial charge in [0.25, 0.3) is 11.8 Å². The number of hydroxylamine groups is 2. The van der Waals surface area contributed by atoms with Gasteiger partial charge in [-0.15, -0.1) is 0 Å². The van der Waals surface area contributed by atoms with Gasteiger partial charge in [0.1, 0.15) is 0 Å². The Hall–Kier alpha value is -1.16. The molecule has 0 N–H and O–H groups in total. The second-order valence-electron chi connectivity index (χ2n) is 4.39. The van der Waals surface area contributed by atoms with Gasteiger partial charge in [-0.05, 0) is 25.2 Å². The number of hydrogen-bond donors (Lipinski definition) is 0. The Kier molecular flexibility index (Phi) is 1.77. The summed E-state index contributed by atoms with van der Waals surface area (Å²) in [6.07, 6.45) is 5.12. The molecule has 15 heavy (non-hydrogen) atoms. The molecule has 0 spiro atoms. The van der Waals surface area contributed by atoms with E-state index in [9.17, 15) is 9.59 Å². The number of imide groups is 1. The summed E-state index contributed by atoms with van der Waals surface area (Å²) in [5.41, 5.74) is 0. The van der Waals surface area contributed by atoms with Gasteiger partial charge in [0, 0.05) is 0 Å². The largest absolute Gasteiger partial charge is 0.272 e. The molecule has 1 saturated heterocycles. The van der Waals surface area contributed by atoms with Crippen LogP contribution < -0.4 is 0 Å². The van der Waals surface area contributed by atoms with E-state index in [-0.39, 0.29) is 35.5 Å². The van der Waals surface area contributed by atoms with Crippen LogP contribution in [0.3, 0.4) is 0 Å². The number of carbonyl (C=O) groups excluding carboxylic acids is 2. The third kappa shape index (κ3) is 1.00. The van der Waals surface area contributed by atoms with Crippen molar-refractivity contribution < 1.29 is 14.4 Å². The summed E-state index contributed by atoms with van der Waals surface area (Å²) < 4.78 is 0. The van der Waals surface area contributed by atoms with Gasteiger partial charge < -0.3 is 0 Å². The van der Waals surface area contributed by atoms with Gasteiger partial charge in [-0.1, -0.05) is 12.2 Å². The maximum atomic E-state index is 11.9. The minimum Gasteiger partial charge on any atom is -0.272 e. The molecule has 4 heteroatoms. The predicted molar refractivity (Wildman–Crippen MR) is 51.2 cm³/mol. The molecule has 3 rings (SSSR count).